The van der Waals surface area contributed by atoms with Crippen molar-refractivity contribution in [1.29, 1.82) is 0 Å². The average molecular weight is 379 g/mol. The molecular formula is C18H23BrN2O2. The molecule has 0 aliphatic carbocycles. The van der Waals surface area contributed by atoms with E-state index in [-0.39, 0.29) is 6.09 Å². The van der Waals surface area contributed by atoms with Crippen molar-refractivity contribution in [2.24, 2.45) is 5.92 Å². The van der Waals surface area contributed by atoms with E-state index in [4.69, 9.17) is 4.74 Å². The molecule has 1 aromatic carbocycles. The molecule has 0 unspecified atom stereocenters. The summed E-state index contributed by atoms with van der Waals surface area (Å²) in [5.74, 6) is 0.943. The van der Waals surface area contributed by atoms with E-state index in [1.54, 1.807) is 0 Å². The van der Waals surface area contributed by atoms with Crippen LogP contribution in [0.1, 0.15) is 37.8 Å². The van der Waals surface area contributed by atoms with E-state index in [1.807, 2.05) is 25.7 Å². The highest BCUT2D eigenvalue weighted by Crippen LogP contribution is 2.48. The Morgan fingerprint density at radius 2 is 2.04 bits per heavy atom. The second-order valence-electron chi connectivity index (χ2n) is 7.95. The van der Waals surface area contributed by atoms with Gasteiger partial charge in [0.25, 0.3) is 0 Å². The van der Waals surface area contributed by atoms with Gasteiger partial charge in [-0.25, -0.2) is 4.79 Å². The van der Waals surface area contributed by atoms with Crippen LogP contribution in [-0.2, 0) is 11.2 Å². The molecule has 23 heavy (non-hydrogen) atoms. The predicted octanol–water partition coefficient (Wildman–Crippen LogP) is 3.78. The monoisotopic (exact) mass is 378 g/mol. The number of hydrogen-bond donors (Lipinski definition) is 0. The Morgan fingerprint density at radius 3 is 2.78 bits per heavy atom. The molecule has 4 nitrogen and oxygen atoms in total. The van der Waals surface area contributed by atoms with Gasteiger partial charge in [0.1, 0.15) is 5.60 Å². The number of nitrogens with zero attached hydrogens (tertiary/aromatic N) is 2. The lowest BCUT2D eigenvalue weighted by Gasteiger charge is -2.35. The molecule has 5 heteroatoms. The Labute approximate surface area is 145 Å². The van der Waals surface area contributed by atoms with Crippen molar-refractivity contribution >= 4 is 27.7 Å². The standard InChI is InChI=1S/C18H23BrN2O2/c1-18(2,3)23-17(22)21-9-12-8-20-5-4-11-6-13(19)7-14(16(11)20)15(12)10-21/h6-7,12,15H,4-5,8-10H2,1-3H3/t12-,15+/m1/s1. The van der Waals surface area contributed by atoms with Gasteiger partial charge >= 0.3 is 6.09 Å². The number of halogens is 1. The molecule has 1 fully saturated rings. The molecule has 0 saturated carbocycles. The number of hydrogen-bond acceptors (Lipinski definition) is 3. The SMILES string of the molecule is CC(C)(C)OC(=O)N1C[C@H]2CN3CCc4cc(Br)cc(c43)[C@H]2C1. The van der Waals surface area contributed by atoms with Crippen LogP contribution in [0, 0.1) is 5.92 Å². The van der Waals surface area contributed by atoms with Crippen LogP contribution in [0.5, 0.6) is 0 Å². The molecule has 0 radical (unpaired) electrons. The van der Waals surface area contributed by atoms with Crippen LogP contribution in [0.4, 0.5) is 10.5 Å². The van der Waals surface area contributed by atoms with Crippen LogP contribution in [0.3, 0.4) is 0 Å². The molecule has 4 rings (SSSR count). The highest BCUT2D eigenvalue weighted by atomic mass is 79.9. The normalized spacial score (nSPS) is 25.4. The van der Waals surface area contributed by atoms with Crippen molar-refractivity contribution in [1.82, 2.24) is 4.90 Å². The predicted molar refractivity (Wildman–Crippen MR) is 94.1 cm³/mol. The van der Waals surface area contributed by atoms with Crippen LogP contribution in [-0.4, -0.2) is 42.8 Å². The Hall–Kier alpha value is -1.23. The van der Waals surface area contributed by atoms with Crippen molar-refractivity contribution in [3.05, 3.63) is 27.7 Å². The van der Waals surface area contributed by atoms with Crippen LogP contribution in [0.25, 0.3) is 0 Å². The topological polar surface area (TPSA) is 32.8 Å². The third-order valence-corrected chi connectivity index (χ3v) is 5.56. The van der Waals surface area contributed by atoms with E-state index in [0.29, 0.717) is 11.8 Å². The Morgan fingerprint density at radius 1 is 1.26 bits per heavy atom. The van der Waals surface area contributed by atoms with Gasteiger partial charge in [-0.2, -0.15) is 0 Å². The number of benzene rings is 1. The first-order valence-electron chi connectivity index (χ1n) is 8.37. The van der Waals surface area contributed by atoms with Crippen LogP contribution in [0.2, 0.25) is 0 Å². The molecule has 3 heterocycles. The van der Waals surface area contributed by atoms with E-state index in [0.717, 1.165) is 37.1 Å². The Bertz CT molecular complexity index is 668. The quantitative estimate of drug-likeness (QED) is 0.688. The second-order valence-corrected chi connectivity index (χ2v) is 8.87. The summed E-state index contributed by atoms with van der Waals surface area (Å²) >= 11 is 3.66. The van der Waals surface area contributed by atoms with E-state index in [2.05, 4.69) is 33.0 Å². The van der Waals surface area contributed by atoms with E-state index in [9.17, 15) is 4.79 Å². The summed E-state index contributed by atoms with van der Waals surface area (Å²) in [6.07, 6.45) is 0.962. The van der Waals surface area contributed by atoms with Crippen molar-refractivity contribution in [2.45, 2.75) is 38.7 Å². The van der Waals surface area contributed by atoms with Crippen LogP contribution in [0.15, 0.2) is 16.6 Å². The fourth-order valence-electron chi connectivity index (χ4n) is 4.25. The van der Waals surface area contributed by atoms with Crippen LogP contribution >= 0.6 is 15.9 Å². The maximum atomic E-state index is 12.4. The average Bonchev–Trinajstić information content (AvgIpc) is 3.02. The first kappa shape index (κ1) is 15.3. The van der Waals surface area contributed by atoms with Crippen molar-refractivity contribution < 1.29 is 9.53 Å². The van der Waals surface area contributed by atoms with Gasteiger partial charge in [0, 0.05) is 48.2 Å². The Kier molecular flexibility index (Phi) is 3.42. The number of amides is 1. The van der Waals surface area contributed by atoms with E-state index >= 15 is 0 Å². The molecular weight excluding hydrogens is 356 g/mol. The molecule has 1 saturated heterocycles. The van der Waals surface area contributed by atoms with Crippen molar-refractivity contribution in [2.75, 3.05) is 31.1 Å². The lowest BCUT2D eigenvalue weighted by Crippen LogP contribution is -2.37. The number of likely N-dealkylation sites (tertiary alicyclic amines) is 1. The number of anilines is 1. The highest BCUT2D eigenvalue weighted by molar-refractivity contribution is 9.10. The van der Waals surface area contributed by atoms with Gasteiger partial charge in [0.15, 0.2) is 0 Å². The molecule has 3 aliphatic heterocycles. The molecule has 2 atom stereocenters. The lowest BCUT2D eigenvalue weighted by molar-refractivity contribution is 0.0287. The number of fused-ring (bicyclic) bond motifs is 2. The minimum absolute atomic E-state index is 0.174. The van der Waals surface area contributed by atoms with Gasteiger partial charge in [-0.05, 0) is 50.5 Å². The molecule has 0 N–H and O–H groups in total. The first-order valence-corrected chi connectivity index (χ1v) is 9.16. The first-order chi connectivity index (χ1) is 10.8. The second kappa shape index (κ2) is 5.13. The van der Waals surface area contributed by atoms with Gasteiger partial charge in [-0.1, -0.05) is 15.9 Å². The zero-order chi connectivity index (χ0) is 16.4. The number of rotatable bonds is 0. The molecule has 1 aromatic rings. The maximum Gasteiger partial charge on any atom is 0.410 e. The zero-order valence-corrected chi connectivity index (χ0v) is 15.5. The van der Waals surface area contributed by atoms with E-state index < -0.39 is 5.60 Å². The summed E-state index contributed by atoms with van der Waals surface area (Å²) in [4.78, 5) is 16.8. The molecule has 0 spiro atoms. The third-order valence-electron chi connectivity index (χ3n) is 5.10. The van der Waals surface area contributed by atoms with Gasteiger partial charge in [0.2, 0.25) is 0 Å². The fraction of sp³-hybridized carbons (Fsp3) is 0.611. The number of ether oxygens (including phenoxy) is 1. The summed E-state index contributed by atoms with van der Waals surface area (Å²) in [7, 11) is 0. The minimum Gasteiger partial charge on any atom is -0.444 e. The van der Waals surface area contributed by atoms with Gasteiger partial charge in [-0.15, -0.1) is 0 Å². The molecule has 0 bridgehead atoms. The zero-order valence-electron chi connectivity index (χ0n) is 13.9. The van der Waals surface area contributed by atoms with E-state index in [1.165, 1.54) is 16.8 Å². The fourth-order valence-corrected chi connectivity index (χ4v) is 4.78. The Balaban J connectivity index is 1.62. The smallest absolute Gasteiger partial charge is 0.410 e. The molecule has 3 aliphatic rings. The maximum absolute atomic E-state index is 12.4. The molecule has 1 amide bonds. The molecule has 124 valence electrons. The van der Waals surface area contributed by atoms with Crippen molar-refractivity contribution in [3.8, 4) is 0 Å². The number of carbonyl (C=O) groups is 1. The summed E-state index contributed by atoms with van der Waals surface area (Å²) in [5.41, 5.74) is 3.86. The summed E-state index contributed by atoms with van der Waals surface area (Å²) in [6.45, 7) is 9.51. The van der Waals surface area contributed by atoms with Gasteiger partial charge < -0.3 is 14.5 Å². The minimum atomic E-state index is -0.434. The summed E-state index contributed by atoms with van der Waals surface area (Å²) < 4.78 is 6.72. The highest BCUT2D eigenvalue weighted by Gasteiger charge is 2.44. The number of carbonyl (C=O) groups excluding carboxylic acids is 1. The summed E-state index contributed by atoms with van der Waals surface area (Å²) in [6, 6.07) is 4.51. The molecule has 0 aromatic heterocycles. The van der Waals surface area contributed by atoms with Gasteiger partial charge in [-0.3, -0.25) is 0 Å². The summed E-state index contributed by atoms with van der Waals surface area (Å²) in [5, 5.41) is 0. The largest absolute Gasteiger partial charge is 0.444 e. The lowest BCUT2D eigenvalue weighted by atomic mass is 9.83. The van der Waals surface area contributed by atoms with Gasteiger partial charge in [0.05, 0.1) is 0 Å². The van der Waals surface area contributed by atoms with Crippen LogP contribution < -0.4 is 4.90 Å². The third kappa shape index (κ3) is 2.63. The van der Waals surface area contributed by atoms with Crippen molar-refractivity contribution in [3.63, 3.8) is 0 Å².